The summed E-state index contributed by atoms with van der Waals surface area (Å²) < 4.78 is 0. The summed E-state index contributed by atoms with van der Waals surface area (Å²) in [5, 5.41) is 11.7. The number of aliphatic hydroxyl groups excluding tert-OH is 1. The van der Waals surface area contributed by atoms with E-state index in [1.807, 2.05) is 0 Å². The number of amides is 1. The Bertz CT molecular complexity index is 489. The average molecular weight is 236 g/mol. The monoisotopic (exact) mass is 236 g/mol. The number of aromatic amines is 1. The van der Waals surface area contributed by atoms with Crippen LogP contribution in [-0.2, 0) is 0 Å². The van der Waals surface area contributed by atoms with Crippen molar-refractivity contribution in [1.29, 1.82) is 0 Å². The van der Waals surface area contributed by atoms with Crippen LogP contribution in [0, 0.1) is 6.92 Å². The van der Waals surface area contributed by atoms with E-state index in [0.29, 0.717) is 6.42 Å². The molecule has 1 aromatic rings. The lowest BCUT2D eigenvalue weighted by Gasteiger charge is -2.15. The number of aryl methyl sites for hydroxylation is 1. The highest BCUT2D eigenvalue weighted by Crippen LogP contribution is 2.38. The van der Waals surface area contributed by atoms with E-state index in [1.165, 1.54) is 6.07 Å². The van der Waals surface area contributed by atoms with Crippen LogP contribution in [0.15, 0.2) is 16.9 Å². The third kappa shape index (κ3) is 2.55. The predicted octanol–water partition coefficient (Wildman–Crippen LogP) is 0.328. The molecular formula is C12H16N2O3. The van der Waals surface area contributed by atoms with Crippen molar-refractivity contribution in [1.82, 2.24) is 10.3 Å². The second-order valence-electron chi connectivity index (χ2n) is 4.59. The largest absolute Gasteiger partial charge is 0.396 e. The minimum absolute atomic E-state index is 0.0462. The first-order valence-corrected chi connectivity index (χ1v) is 5.70. The fraction of sp³-hybridized carbons (Fsp3) is 0.500. The highest BCUT2D eigenvalue weighted by atomic mass is 16.3. The van der Waals surface area contributed by atoms with Gasteiger partial charge in [-0.3, -0.25) is 9.59 Å². The van der Waals surface area contributed by atoms with Gasteiger partial charge in [0.1, 0.15) is 5.56 Å². The summed E-state index contributed by atoms with van der Waals surface area (Å²) in [4.78, 5) is 26.1. The Morgan fingerprint density at radius 3 is 2.76 bits per heavy atom. The van der Waals surface area contributed by atoms with Gasteiger partial charge in [0.25, 0.3) is 11.5 Å². The molecule has 1 aromatic heterocycles. The van der Waals surface area contributed by atoms with Gasteiger partial charge in [-0.25, -0.2) is 0 Å². The van der Waals surface area contributed by atoms with Crippen LogP contribution < -0.4 is 10.9 Å². The Morgan fingerprint density at radius 1 is 1.53 bits per heavy atom. The Morgan fingerprint density at radius 2 is 2.24 bits per heavy atom. The third-order valence-electron chi connectivity index (χ3n) is 3.12. The fourth-order valence-corrected chi connectivity index (χ4v) is 1.86. The van der Waals surface area contributed by atoms with Crippen LogP contribution in [-0.4, -0.2) is 28.1 Å². The van der Waals surface area contributed by atoms with Crippen LogP contribution in [0.4, 0.5) is 0 Å². The molecule has 0 saturated heterocycles. The molecule has 0 spiro atoms. The van der Waals surface area contributed by atoms with Crippen LogP contribution >= 0.6 is 0 Å². The SMILES string of the molecule is Cc1ccc(C(=O)NC2(CCO)CC2)c(=O)[nH]1. The molecule has 1 aliphatic carbocycles. The molecular weight excluding hydrogens is 220 g/mol. The standard InChI is InChI=1S/C12H16N2O3/c1-8-2-3-9(10(16)13-8)11(17)14-12(4-5-12)6-7-15/h2-3,15H,4-7H2,1H3,(H,13,16)(H,14,17). The molecule has 3 N–H and O–H groups in total. The fourth-order valence-electron chi connectivity index (χ4n) is 1.86. The molecule has 0 aliphatic heterocycles. The van der Waals surface area contributed by atoms with Crippen LogP contribution in [0.3, 0.4) is 0 Å². The van der Waals surface area contributed by atoms with Gasteiger partial charge in [-0.15, -0.1) is 0 Å². The Hall–Kier alpha value is -1.62. The number of rotatable bonds is 4. The molecule has 5 nitrogen and oxygen atoms in total. The number of carbonyl (C=O) groups excluding carboxylic acids is 1. The number of pyridine rings is 1. The van der Waals surface area contributed by atoms with Crippen LogP contribution in [0.25, 0.3) is 0 Å². The van der Waals surface area contributed by atoms with Gasteiger partial charge in [0.2, 0.25) is 0 Å². The van der Waals surface area contributed by atoms with Crippen molar-refractivity contribution in [2.24, 2.45) is 0 Å². The van der Waals surface area contributed by atoms with Gasteiger partial charge in [0.15, 0.2) is 0 Å². The van der Waals surface area contributed by atoms with Crippen molar-refractivity contribution in [2.45, 2.75) is 31.7 Å². The van der Waals surface area contributed by atoms with Gasteiger partial charge < -0.3 is 15.4 Å². The summed E-state index contributed by atoms with van der Waals surface area (Å²) in [5.41, 5.74) is 0.188. The third-order valence-corrected chi connectivity index (χ3v) is 3.12. The molecule has 1 saturated carbocycles. The second-order valence-corrected chi connectivity index (χ2v) is 4.59. The van der Waals surface area contributed by atoms with Gasteiger partial charge in [0, 0.05) is 17.8 Å². The highest BCUT2D eigenvalue weighted by molar-refractivity contribution is 5.94. The van der Waals surface area contributed by atoms with E-state index in [-0.39, 0.29) is 29.2 Å². The molecule has 0 radical (unpaired) electrons. The van der Waals surface area contributed by atoms with E-state index in [2.05, 4.69) is 10.3 Å². The molecule has 5 heteroatoms. The molecule has 1 amide bonds. The first-order valence-electron chi connectivity index (χ1n) is 5.70. The quantitative estimate of drug-likeness (QED) is 0.704. The molecule has 17 heavy (non-hydrogen) atoms. The van der Waals surface area contributed by atoms with Crippen molar-refractivity contribution < 1.29 is 9.90 Å². The van der Waals surface area contributed by atoms with Crippen molar-refractivity contribution in [2.75, 3.05) is 6.61 Å². The van der Waals surface area contributed by atoms with E-state index in [9.17, 15) is 9.59 Å². The van der Waals surface area contributed by atoms with Crippen molar-refractivity contribution in [3.05, 3.63) is 33.7 Å². The summed E-state index contributed by atoms with van der Waals surface area (Å²) in [6.45, 7) is 1.81. The molecule has 1 heterocycles. The lowest BCUT2D eigenvalue weighted by atomic mass is 10.1. The zero-order valence-electron chi connectivity index (χ0n) is 9.75. The Labute approximate surface area is 98.9 Å². The lowest BCUT2D eigenvalue weighted by Crippen LogP contribution is -2.39. The smallest absolute Gasteiger partial charge is 0.260 e. The minimum atomic E-state index is -0.373. The number of aromatic nitrogens is 1. The molecule has 1 aliphatic rings. The van der Waals surface area contributed by atoms with Crippen LogP contribution in [0.1, 0.15) is 35.3 Å². The number of hydrogen-bond acceptors (Lipinski definition) is 3. The van der Waals surface area contributed by atoms with Gasteiger partial charge in [-0.2, -0.15) is 0 Å². The summed E-state index contributed by atoms with van der Waals surface area (Å²) in [6, 6.07) is 3.22. The number of carbonyl (C=O) groups is 1. The number of H-pyrrole nitrogens is 1. The summed E-state index contributed by atoms with van der Waals surface area (Å²) in [5.74, 6) is -0.364. The van der Waals surface area contributed by atoms with E-state index < -0.39 is 0 Å². The van der Waals surface area contributed by atoms with Gasteiger partial charge in [-0.1, -0.05) is 0 Å². The molecule has 0 unspecified atom stereocenters. The predicted molar refractivity (Wildman–Crippen MR) is 62.9 cm³/mol. The van der Waals surface area contributed by atoms with Crippen molar-refractivity contribution in [3.63, 3.8) is 0 Å². The number of nitrogens with one attached hydrogen (secondary N) is 2. The molecule has 2 rings (SSSR count). The first kappa shape index (κ1) is 11.9. The van der Waals surface area contributed by atoms with Crippen molar-refractivity contribution >= 4 is 5.91 Å². The van der Waals surface area contributed by atoms with Gasteiger partial charge in [0.05, 0.1) is 0 Å². The van der Waals surface area contributed by atoms with Gasteiger partial charge in [-0.05, 0) is 38.3 Å². The molecule has 1 fully saturated rings. The maximum absolute atomic E-state index is 11.9. The minimum Gasteiger partial charge on any atom is -0.396 e. The van der Waals surface area contributed by atoms with Gasteiger partial charge >= 0.3 is 0 Å². The van der Waals surface area contributed by atoms with E-state index >= 15 is 0 Å². The molecule has 0 aromatic carbocycles. The highest BCUT2D eigenvalue weighted by Gasteiger charge is 2.43. The number of aliphatic hydroxyl groups is 1. The first-order chi connectivity index (χ1) is 8.06. The van der Waals surface area contributed by atoms with Crippen molar-refractivity contribution in [3.8, 4) is 0 Å². The molecule has 92 valence electrons. The van der Waals surface area contributed by atoms with E-state index in [1.54, 1.807) is 13.0 Å². The normalized spacial score (nSPS) is 16.6. The van der Waals surface area contributed by atoms with Crippen LogP contribution in [0.5, 0.6) is 0 Å². The Kier molecular flexibility index (Phi) is 3.02. The zero-order valence-corrected chi connectivity index (χ0v) is 9.75. The topological polar surface area (TPSA) is 82.2 Å². The molecule has 0 atom stereocenters. The lowest BCUT2D eigenvalue weighted by molar-refractivity contribution is 0.0922. The summed E-state index contributed by atoms with van der Waals surface area (Å²) in [6.07, 6.45) is 2.27. The maximum atomic E-state index is 11.9. The number of hydrogen-bond donors (Lipinski definition) is 3. The van der Waals surface area contributed by atoms with E-state index in [0.717, 1.165) is 18.5 Å². The van der Waals surface area contributed by atoms with Crippen LogP contribution in [0.2, 0.25) is 0 Å². The molecule has 0 bridgehead atoms. The van der Waals surface area contributed by atoms with E-state index in [4.69, 9.17) is 5.11 Å². The Balaban J connectivity index is 2.13. The average Bonchev–Trinajstić information content (AvgIpc) is 2.97. The zero-order chi connectivity index (χ0) is 12.5. The summed E-state index contributed by atoms with van der Waals surface area (Å²) >= 11 is 0. The second kappa shape index (κ2) is 4.33. The summed E-state index contributed by atoms with van der Waals surface area (Å²) in [7, 11) is 0. The maximum Gasteiger partial charge on any atom is 0.260 e.